The Labute approximate surface area is 200 Å². The molecule has 2 aliphatic heterocycles. The molecule has 0 atom stereocenters. The number of fused-ring (bicyclic) bond motifs is 1. The first-order chi connectivity index (χ1) is 16.1. The molecule has 1 saturated heterocycles. The smallest absolute Gasteiger partial charge is 0.262 e. The normalized spacial score (nSPS) is 16.0. The predicted octanol–water partition coefficient (Wildman–Crippen LogP) is 4.45. The number of anilines is 1. The molecule has 2 amide bonds. The van der Waals surface area contributed by atoms with E-state index >= 15 is 0 Å². The van der Waals surface area contributed by atoms with Crippen molar-refractivity contribution in [2.75, 3.05) is 25.0 Å². The molecule has 170 valence electrons. The Morgan fingerprint density at radius 2 is 2.03 bits per heavy atom. The summed E-state index contributed by atoms with van der Waals surface area (Å²) < 4.78 is 7.65. The molecule has 2 aromatic carbocycles. The van der Waals surface area contributed by atoms with Crippen molar-refractivity contribution in [1.82, 2.24) is 9.47 Å². The molecule has 1 fully saturated rings. The fraction of sp³-hybridized carbons (Fsp3) is 0.292. The molecule has 0 unspecified atom stereocenters. The Hall–Kier alpha value is -3.10. The number of ether oxygens (including phenoxy) is 1. The Morgan fingerprint density at radius 1 is 1.15 bits per heavy atom. The van der Waals surface area contributed by atoms with Crippen LogP contribution in [0.2, 0.25) is 5.02 Å². The van der Waals surface area contributed by atoms with E-state index in [9.17, 15) is 9.59 Å². The van der Waals surface area contributed by atoms with Crippen molar-refractivity contribution in [3.8, 4) is 17.0 Å². The molecular formula is C24H23ClN4O3S. The molecule has 7 nitrogen and oxygen atoms in total. The fourth-order valence-electron chi connectivity index (χ4n) is 4.11. The number of hydrogen-bond acceptors (Lipinski definition) is 5. The molecule has 3 heterocycles. The topological polar surface area (TPSA) is 75.9 Å². The van der Waals surface area contributed by atoms with Crippen LogP contribution < -0.4 is 14.9 Å². The highest BCUT2D eigenvalue weighted by Crippen LogP contribution is 2.33. The van der Waals surface area contributed by atoms with Gasteiger partial charge in [-0.05, 0) is 43.2 Å². The highest BCUT2D eigenvalue weighted by molar-refractivity contribution is 7.07. The molecule has 2 aliphatic rings. The second-order valence-corrected chi connectivity index (χ2v) is 9.25. The minimum atomic E-state index is -0.164. The Bertz CT molecular complexity index is 1280. The number of carbonyl (C=O) groups excluding carboxylic acids is 2. The highest BCUT2D eigenvalue weighted by atomic mass is 35.5. The summed E-state index contributed by atoms with van der Waals surface area (Å²) in [6, 6.07) is 13.3. The van der Waals surface area contributed by atoms with Crippen LogP contribution >= 0.6 is 22.9 Å². The van der Waals surface area contributed by atoms with E-state index in [-0.39, 0.29) is 18.4 Å². The molecule has 5 rings (SSSR count). The van der Waals surface area contributed by atoms with Crippen LogP contribution in [0.25, 0.3) is 11.3 Å². The summed E-state index contributed by atoms with van der Waals surface area (Å²) >= 11 is 7.89. The number of hydrogen-bond donors (Lipinski definition) is 1. The molecule has 0 spiro atoms. The first kappa shape index (κ1) is 21.7. The van der Waals surface area contributed by atoms with E-state index in [0.29, 0.717) is 35.1 Å². The van der Waals surface area contributed by atoms with Gasteiger partial charge in [0.05, 0.1) is 22.1 Å². The molecule has 1 aromatic heterocycles. The summed E-state index contributed by atoms with van der Waals surface area (Å²) in [5.74, 6) is 0.730. The van der Waals surface area contributed by atoms with Crippen molar-refractivity contribution < 1.29 is 14.3 Å². The number of rotatable bonds is 6. The predicted molar refractivity (Wildman–Crippen MR) is 129 cm³/mol. The minimum Gasteiger partial charge on any atom is -0.482 e. The number of nitrogens with zero attached hydrogens (tertiary/aromatic N) is 3. The van der Waals surface area contributed by atoms with Gasteiger partial charge in [0.2, 0.25) is 5.91 Å². The van der Waals surface area contributed by atoms with Gasteiger partial charge in [0.15, 0.2) is 11.4 Å². The molecule has 0 aliphatic carbocycles. The van der Waals surface area contributed by atoms with Gasteiger partial charge in [-0.3, -0.25) is 9.59 Å². The number of thiazole rings is 1. The zero-order valence-electron chi connectivity index (χ0n) is 17.9. The Kier molecular flexibility index (Phi) is 6.20. The first-order valence-electron chi connectivity index (χ1n) is 10.9. The van der Waals surface area contributed by atoms with Gasteiger partial charge in [0.25, 0.3) is 5.91 Å². The molecule has 0 bridgehead atoms. The van der Waals surface area contributed by atoms with Gasteiger partial charge in [0, 0.05) is 37.0 Å². The summed E-state index contributed by atoms with van der Waals surface area (Å²) in [4.78, 5) is 31.4. The molecule has 0 saturated carbocycles. The maximum absolute atomic E-state index is 12.0. The lowest BCUT2D eigenvalue weighted by Crippen LogP contribution is -2.27. The lowest BCUT2D eigenvalue weighted by atomic mass is 10.1. The van der Waals surface area contributed by atoms with Crippen molar-refractivity contribution in [2.45, 2.75) is 25.8 Å². The first-order valence-corrected chi connectivity index (χ1v) is 12.2. The molecule has 3 aromatic rings. The minimum absolute atomic E-state index is 0.0287. The molecule has 9 heteroatoms. The number of benzene rings is 2. The molecule has 33 heavy (non-hydrogen) atoms. The van der Waals surface area contributed by atoms with Gasteiger partial charge in [-0.25, -0.2) is 4.99 Å². The van der Waals surface area contributed by atoms with Gasteiger partial charge in [-0.1, -0.05) is 23.7 Å². The lowest BCUT2D eigenvalue weighted by molar-refractivity contribution is -0.127. The van der Waals surface area contributed by atoms with E-state index in [0.717, 1.165) is 42.0 Å². The van der Waals surface area contributed by atoms with E-state index in [1.54, 1.807) is 0 Å². The van der Waals surface area contributed by atoms with Crippen molar-refractivity contribution >= 4 is 46.1 Å². The average molecular weight is 483 g/mol. The number of amides is 2. The summed E-state index contributed by atoms with van der Waals surface area (Å²) in [6.45, 7) is 2.29. The van der Waals surface area contributed by atoms with E-state index in [1.807, 2.05) is 47.4 Å². The largest absolute Gasteiger partial charge is 0.482 e. The zero-order chi connectivity index (χ0) is 22.8. The summed E-state index contributed by atoms with van der Waals surface area (Å²) in [5.41, 5.74) is 3.31. The average Bonchev–Trinajstić information content (AvgIpc) is 3.41. The molecule has 1 N–H and O–H groups in total. The van der Waals surface area contributed by atoms with Crippen LogP contribution in [0.5, 0.6) is 5.75 Å². The van der Waals surface area contributed by atoms with Crippen LogP contribution in [0, 0.1) is 0 Å². The third kappa shape index (κ3) is 4.67. The van der Waals surface area contributed by atoms with Crippen LogP contribution in [-0.2, 0) is 16.1 Å². The standard InChI is InChI=1S/C24H23ClN4O3S/c25-17-5-1-2-6-18(17)27-24-29(12-4-11-28-10-3-7-23(28)31)20(15-33-24)16-8-9-21-19(13-16)26-22(30)14-32-21/h1-2,5-6,8-9,13,15H,3-4,7,10-12,14H2,(H,26,30). The summed E-state index contributed by atoms with van der Waals surface area (Å²) in [5, 5.41) is 5.53. The van der Waals surface area contributed by atoms with Crippen molar-refractivity contribution in [2.24, 2.45) is 4.99 Å². The van der Waals surface area contributed by atoms with Gasteiger partial charge in [-0.2, -0.15) is 0 Å². The quantitative estimate of drug-likeness (QED) is 0.564. The monoisotopic (exact) mass is 482 g/mol. The number of para-hydroxylation sites is 1. The van der Waals surface area contributed by atoms with E-state index in [2.05, 4.69) is 15.3 Å². The van der Waals surface area contributed by atoms with Crippen LogP contribution in [0.4, 0.5) is 11.4 Å². The van der Waals surface area contributed by atoms with Crippen LogP contribution in [-0.4, -0.2) is 41.0 Å². The van der Waals surface area contributed by atoms with E-state index in [1.165, 1.54) is 11.3 Å². The van der Waals surface area contributed by atoms with Gasteiger partial charge >= 0.3 is 0 Å². The van der Waals surface area contributed by atoms with Gasteiger partial charge < -0.3 is 19.5 Å². The summed E-state index contributed by atoms with van der Waals surface area (Å²) in [6.07, 6.45) is 2.40. The Morgan fingerprint density at radius 3 is 2.85 bits per heavy atom. The number of nitrogens with one attached hydrogen (secondary N) is 1. The highest BCUT2D eigenvalue weighted by Gasteiger charge is 2.20. The number of carbonyl (C=O) groups is 2. The zero-order valence-corrected chi connectivity index (χ0v) is 19.5. The fourth-order valence-corrected chi connectivity index (χ4v) is 5.24. The third-order valence-corrected chi connectivity index (χ3v) is 6.94. The lowest BCUT2D eigenvalue weighted by Gasteiger charge is -2.19. The van der Waals surface area contributed by atoms with Crippen LogP contribution in [0.1, 0.15) is 19.3 Å². The van der Waals surface area contributed by atoms with Crippen LogP contribution in [0.3, 0.4) is 0 Å². The summed E-state index contributed by atoms with van der Waals surface area (Å²) in [7, 11) is 0. The maximum Gasteiger partial charge on any atom is 0.262 e. The maximum atomic E-state index is 12.0. The molecular weight excluding hydrogens is 460 g/mol. The van der Waals surface area contributed by atoms with E-state index in [4.69, 9.17) is 21.3 Å². The van der Waals surface area contributed by atoms with Crippen molar-refractivity contribution in [1.29, 1.82) is 0 Å². The van der Waals surface area contributed by atoms with E-state index < -0.39 is 0 Å². The van der Waals surface area contributed by atoms with Crippen molar-refractivity contribution in [3.63, 3.8) is 0 Å². The SMILES string of the molecule is O=C1COc2ccc(-c3csc(=Nc4ccccc4Cl)n3CCCN3CCCC3=O)cc2N1. The second-order valence-electron chi connectivity index (χ2n) is 8.00. The number of aromatic nitrogens is 1. The van der Waals surface area contributed by atoms with Gasteiger partial charge in [0.1, 0.15) is 5.75 Å². The number of likely N-dealkylation sites (tertiary alicyclic amines) is 1. The van der Waals surface area contributed by atoms with Crippen LogP contribution in [0.15, 0.2) is 52.8 Å². The number of halogens is 1. The second kappa shape index (κ2) is 9.41. The van der Waals surface area contributed by atoms with Crippen molar-refractivity contribution in [3.05, 3.63) is 57.7 Å². The third-order valence-electron chi connectivity index (χ3n) is 5.76. The van der Waals surface area contributed by atoms with Gasteiger partial charge in [-0.15, -0.1) is 11.3 Å². The molecule has 0 radical (unpaired) electrons. The Balaban J connectivity index is 1.50.